The van der Waals surface area contributed by atoms with Crippen LogP contribution in [0.15, 0.2) is 12.7 Å². The summed E-state index contributed by atoms with van der Waals surface area (Å²) in [4.78, 5) is 13.6. The highest BCUT2D eigenvalue weighted by atomic mass is 16.6. The van der Waals surface area contributed by atoms with Crippen LogP contribution in [0.2, 0.25) is 0 Å². The fourth-order valence-corrected chi connectivity index (χ4v) is 3.23. The van der Waals surface area contributed by atoms with Crippen LogP contribution in [-0.2, 0) is 4.74 Å². The van der Waals surface area contributed by atoms with Crippen molar-refractivity contribution in [3.05, 3.63) is 12.7 Å². The summed E-state index contributed by atoms with van der Waals surface area (Å²) in [5.74, 6) is 0. The summed E-state index contributed by atoms with van der Waals surface area (Å²) in [6, 6.07) is 0. The summed E-state index contributed by atoms with van der Waals surface area (Å²) in [7, 11) is 2.33. The van der Waals surface area contributed by atoms with Crippen LogP contribution in [0.4, 0.5) is 4.79 Å². The molecule has 1 aliphatic heterocycles. The Balaban J connectivity index is 2.05. The predicted octanol–water partition coefficient (Wildman–Crippen LogP) is 4.21. The van der Waals surface area contributed by atoms with Crippen molar-refractivity contribution in [1.82, 2.24) is 4.90 Å². The lowest BCUT2D eigenvalue weighted by Crippen LogP contribution is -2.58. The van der Waals surface area contributed by atoms with Crippen molar-refractivity contribution in [2.24, 2.45) is 0 Å². The lowest BCUT2D eigenvalue weighted by atomic mass is 10.1. The van der Waals surface area contributed by atoms with Gasteiger partial charge in [-0.3, -0.25) is 4.90 Å². The molecule has 0 atom stereocenters. The average Bonchev–Trinajstić information content (AvgIpc) is 2.54. The first-order valence-corrected chi connectivity index (χ1v) is 9.47. The molecule has 0 N–H and O–H groups in total. The normalized spacial score (nSPS) is 17.0. The Kier molecular flexibility index (Phi) is 10.0. The number of amides is 1. The molecule has 1 aliphatic rings. The van der Waals surface area contributed by atoms with Gasteiger partial charge in [0, 0.05) is 0 Å². The van der Waals surface area contributed by atoms with E-state index in [0.717, 1.165) is 30.7 Å². The van der Waals surface area contributed by atoms with E-state index in [1.54, 1.807) is 0 Å². The molecule has 0 aliphatic carbocycles. The zero-order valence-electron chi connectivity index (χ0n) is 15.4. The van der Waals surface area contributed by atoms with Crippen LogP contribution in [0.5, 0.6) is 0 Å². The zero-order chi connectivity index (χ0) is 17.0. The van der Waals surface area contributed by atoms with Gasteiger partial charge in [-0.1, -0.05) is 31.8 Å². The Morgan fingerprint density at radius 3 is 2.22 bits per heavy atom. The summed E-state index contributed by atoms with van der Waals surface area (Å²) in [5, 5.41) is 0. The minimum Gasteiger partial charge on any atom is -0.450 e. The van der Waals surface area contributed by atoms with E-state index in [0.29, 0.717) is 6.61 Å². The number of likely N-dealkylation sites (N-methyl/N-ethyl adjacent to an activating group) is 1. The molecular weight excluding hydrogens is 288 g/mol. The number of nitrogens with zero attached hydrogens (tertiary/aromatic N) is 2. The molecule has 0 radical (unpaired) electrons. The molecular formula is C19H37N2O2+. The van der Waals surface area contributed by atoms with Crippen molar-refractivity contribution in [2.45, 2.75) is 58.3 Å². The van der Waals surface area contributed by atoms with Crippen molar-refractivity contribution < 1.29 is 14.0 Å². The number of unbranched alkanes of at least 4 members (excludes halogenated alkanes) is 7. The first-order valence-electron chi connectivity index (χ1n) is 9.47. The smallest absolute Gasteiger partial charge is 0.410 e. The second kappa shape index (κ2) is 11.5. The van der Waals surface area contributed by atoms with Gasteiger partial charge in [-0.25, -0.2) is 4.79 Å². The first kappa shape index (κ1) is 20.0. The largest absolute Gasteiger partial charge is 0.450 e. The quantitative estimate of drug-likeness (QED) is 0.323. The fourth-order valence-electron chi connectivity index (χ4n) is 3.23. The molecule has 4 nitrogen and oxygen atoms in total. The number of piperazine rings is 1. The molecule has 0 saturated carbocycles. The van der Waals surface area contributed by atoms with Crippen LogP contribution in [0.1, 0.15) is 58.3 Å². The SMILES string of the molecule is C=CCCCCCCCCC[N+]1(C)CCN(C(=O)OCC)CC1. The summed E-state index contributed by atoms with van der Waals surface area (Å²) in [6.07, 6.45) is 12.5. The van der Waals surface area contributed by atoms with Crippen LogP contribution < -0.4 is 0 Å². The molecule has 134 valence electrons. The summed E-state index contributed by atoms with van der Waals surface area (Å²) >= 11 is 0. The third-order valence-electron chi connectivity index (χ3n) is 4.95. The van der Waals surface area contributed by atoms with Gasteiger partial charge in [-0.05, 0) is 32.6 Å². The molecule has 0 aromatic carbocycles. The lowest BCUT2D eigenvalue weighted by Gasteiger charge is -2.41. The Morgan fingerprint density at radius 1 is 1.09 bits per heavy atom. The van der Waals surface area contributed by atoms with Gasteiger partial charge in [0.1, 0.15) is 0 Å². The number of hydrogen-bond acceptors (Lipinski definition) is 2. The highest BCUT2D eigenvalue weighted by Crippen LogP contribution is 2.15. The van der Waals surface area contributed by atoms with Crippen molar-refractivity contribution in [3.63, 3.8) is 0 Å². The van der Waals surface area contributed by atoms with Crippen LogP contribution in [0.25, 0.3) is 0 Å². The molecule has 0 bridgehead atoms. The second-order valence-corrected chi connectivity index (χ2v) is 7.03. The first-order chi connectivity index (χ1) is 11.1. The number of quaternary nitrogens is 1. The number of allylic oxidation sites excluding steroid dienone is 1. The molecule has 0 aromatic heterocycles. The van der Waals surface area contributed by atoms with Gasteiger partial charge < -0.3 is 9.22 Å². The standard InChI is InChI=1S/C19H37N2O2/c1-4-6-7-8-9-10-11-12-13-16-21(3)17-14-20(15-18-21)19(22)23-5-2/h4H,1,5-18H2,2-3H3/q+1. The maximum atomic E-state index is 11.7. The van der Waals surface area contributed by atoms with Crippen LogP contribution >= 0.6 is 0 Å². The fraction of sp³-hybridized carbons (Fsp3) is 0.842. The second-order valence-electron chi connectivity index (χ2n) is 7.03. The molecule has 1 rings (SSSR count). The van der Waals surface area contributed by atoms with Gasteiger partial charge in [0.25, 0.3) is 0 Å². The Hall–Kier alpha value is -1.03. The average molecular weight is 326 g/mol. The van der Waals surface area contributed by atoms with Crippen LogP contribution in [-0.4, -0.2) is 61.9 Å². The van der Waals surface area contributed by atoms with E-state index in [-0.39, 0.29) is 6.09 Å². The van der Waals surface area contributed by atoms with Gasteiger partial charge in [0.2, 0.25) is 0 Å². The molecule has 4 heteroatoms. The Morgan fingerprint density at radius 2 is 1.65 bits per heavy atom. The monoisotopic (exact) mass is 325 g/mol. The number of hydrogen-bond donors (Lipinski definition) is 0. The van der Waals surface area contributed by atoms with E-state index in [1.165, 1.54) is 57.9 Å². The summed E-state index contributed by atoms with van der Waals surface area (Å²) in [6.45, 7) is 11.1. The van der Waals surface area contributed by atoms with E-state index < -0.39 is 0 Å². The van der Waals surface area contributed by atoms with Gasteiger partial charge >= 0.3 is 6.09 Å². The van der Waals surface area contributed by atoms with Crippen molar-refractivity contribution >= 4 is 6.09 Å². The van der Waals surface area contributed by atoms with Crippen molar-refractivity contribution in [1.29, 1.82) is 0 Å². The lowest BCUT2D eigenvalue weighted by molar-refractivity contribution is -0.913. The number of carbonyl (C=O) groups is 1. The third-order valence-corrected chi connectivity index (χ3v) is 4.95. The molecule has 23 heavy (non-hydrogen) atoms. The number of rotatable bonds is 11. The maximum Gasteiger partial charge on any atom is 0.410 e. The van der Waals surface area contributed by atoms with Crippen molar-refractivity contribution in [3.8, 4) is 0 Å². The minimum atomic E-state index is -0.143. The van der Waals surface area contributed by atoms with Crippen LogP contribution in [0, 0.1) is 0 Å². The number of carbonyl (C=O) groups excluding carboxylic acids is 1. The number of ether oxygens (including phenoxy) is 1. The highest BCUT2D eigenvalue weighted by molar-refractivity contribution is 5.67. The molecule has 0 spiro atoms. The third kappa shape index (κ3) is 8.40. The molecule has 1 amide bonds. The summed E-state index contributed by atoms with van der Waals surface area (Å²) < 4.78 is 6.19. The summed E-state index contributed by atoms with van der Waals surface area (Å²) in [5.41, 5.74) is 0. The van der Waals surface area contributed by atoms with Crippen molar-refractivity contribution in [2.75, 3.05) is 46.4 Å². The minimum absolute atomic E-state index is 0.143. The zero-order valence-corrected chi connectivity index (χ0v) is 15.4. The molecule has 1 fully saturated rings. The van der Waals surface area contributed by atoms with E-state index in [2.05, 4.69) is 13.6 Å². The molecule has 0 aromatic rings. The van der Waals surface area contributed by atoms with Gasteiger partial charge in [0.05, 0.1) is 46.4 Å². The molecule has 0 unspecified atom stereocenters. The topological polar surface area (TPSA) is 29.5 Å². The molecule has 1 saturated heterocycles. The van der Waals surface area contributed by atoms with Gasteiger partial charge in [0.15, 0.2) is 0 Å². The van der Waals surface area contributed by atoms with E-state index in [1.807, 2.05) is 17.9 Å². The Bertz CT molecular complexity index is 336. The van der Waals surface area contributed by atoms with Gasteiger partial charge in [-0.15, -0.1) is 6.58 Å². The van der Waals surface area contributed by atoms with E-state index in [9.17, 15) is 4.79 Å². The van der Waals surface area contributed by atoms with E-state index in [4.69, 9.17) is 4.74 Å². The van der Waals surface area contributed by atoms with Crippen LogP contribution in [0.3, 0.4) is 0 Å². The van der Waals surface area contributed by atoms with E-state index >= 15 is 0 Å². The maximum absolute atomic E-state index is 11.7. The molecule has 1 heterocycles. The highest BCUT2D eigenvalue weighted by Gasteiger charge is 2.30. The Labute approximate surface area is 143 Å². The predicted molar refractivity (Wildman–Crippen MR) is 96.5 cm³/mol. The van der Waals surface area contributed by atoms with Gasteiger partial charge in [-0.2, -0.15) is 0 Å².